The number of aromatic amines is 1. The maximum atomic E-state index is 13.2. The van der Waals surface area contributed by atoms with E-state index >= 15 is 0 Å². The van der Waals surface area contributed by atoms with E-state index in [0.717, 1.165) is 23.1 Å². The van der Waals surface area contributed by atoms with Gasteiger partial charge in [-0.05, 0) is 42.8 Å². The first kappa shape index (κ1) is 23.7. The van der Waals surface area contributed by atoms with Crippen LogP contribution in [0.15, 0.2) is 41.9 Å². The Hall–Kier alpha value is -3.70. The highest BCUT2D eigenvalue weighted by atomic mass is 32.1. The monoisotopic (exact) mass is 522 g/mol. The van der Waals surface area contributed by atoms with Gasteiger partial charge in [-0.15, -0.1) is 11.3 Å². The molecule has 3 N–H and O–H groups in total. The van der Waals surface area contributed by atoms with E-state index in [-0.39, 0.29) is 12.1 Å². The molecule has 0 atom stereocenters. The number of imide groups is 1. The van der Waals surface area contributed by atoms with Crippen molar-refractivity contribution in [2.24, 2.45) is 5.92 Å². The molecule has 0 unspecified atom stereocenters. The van der Waals surface area contributed by atoms with Crippen LogP contribution >= 0.6 is 11.3 Å². The fourth-order valence-electron chi connectivity index (χ4n) is 5.10. The Morgan fingerprint density at radius 3 is 2.68 bits per heavy atom. The Morgan fingerprint density at radius 1 is 1.08 bits per heavy atom. The normalized spacial score (nSPS) is 17.1. The molecule has 8 nitrogen and oxygen atoms in total. The Bertz CT molecular complexity index is 1540. The second-order valence-electron chi connectivity index (χ2n) is 9.27. The summed E-state index contributed by atoms with van der Waals surface area (Å²) in [4.78, 5) is 41.0. The van der Waals surface area contributed by atoms with Crippen LogP contribution in [0.5, 0.6) is 0 Å². The van der Waals surface area contributed by atoms with Crippen molar-refractivity contribution in [3.8, 4) is 0 Å². The highest BCUT2D eigenvalue weighted by molar-refractivity contribution is 7.17. The number of hydrogen-bond donors (Lipinski definition) is 3. The molecule has 0 bridgehead atoms. The Kier molecular flexibility index (Phi) is 6.17. The summed E-state index contributed by atoms with van der Waals surface area (Å²) in [6.45, 7) is 1.59. The van der Waals surface area contributed by atoms with E-state index in [1.807, 2.05) is 35.7 Å². The van der Waals surface area contributed by atoms with Gasteiger partial charge < -0.3 is 15.2 Å². The smallest absolute Gasteiger partial charge is 0.261 e. The molecule has 190 valence electrons. The number of fused-ring (bicyclic) bond motifs is 2. The molecule has 37 heavy (non-hydrogen) atoms. The zero-order chi connectivity index (χ0) is 25.5. The predicted molar refractivity (Wildman–Crippen MR) is 139 cm³/mol. The SMILES string of the molecule is O=C1NC(=O)C(c2c[nH]c3ccsc23)=C1c1nc(N2CCC(CNCC(F)F)CC2)nc2ccccc12. The van der Waals surface area contributed by atoms with E-state index in [1.54, 1.807) is 6.20 Å². The number of anilines is 1. The summed E-state index contributed by atoms with van der Waals surface area (Å²) in [6.07, 6.45) is 1.03. The number of amides is 2. The lowest BCUT2D eigenvalue weighted by atomic mass is 9.97. The number of carbonyl (C=O) groups excluding carboxylic acids is 2. The van der Waals surface area contributed by atoms with Gasteiger partial charge in [-0.3, -0.25) is 14.9 Å². The van der Waals surface area contributed by atoms with Gasteiger partial charge in [0, 0.05) is 30.2 Å². The second-order valence-corrected chi connectivity index (χ2v) is 10.2. The number of nitrogens with zero attached hydrogens (tertiary/aromatic N) is 3. The second kappa shape index (κ2) is 9.64. The lowest BCUT2D eigenvalue weighted by Crippen LogP contribution is -2.39. The van der Waals surface area contributed by atoms with Gasteiger partial charge >= 0.3 is 0 Å². The molecule has 0 aliphatic carbocycles. The molecule has 11 heteroatoms. The van der Waals surface area contributed by atoms with Crippen molar-refractivity contribution in [3.63, 3.8) is 0 Å². The fourth-order valence-corrected chi connectivity index (χ4v) is 5.98. The summed E-state index contributed by atoms with van der Waals surface area (Å²) in [5, 5.41) is 7.92. The van der Waals surface area contributed by atoms with Crippen LogP contribution in [0.4, 0.5) is 14.7 Å². The van der Waals surface area contributed by atoms with Gasteiger partial charge in [0.25, 0.3) is 18.2 Å². The number of rotatable bonds is 7. The zero-order valence-electron chi connectivity index (χ0n) is 19.8. The largest absolute Gasteiger partial charge is 0.360 e. The van der Waals surface area contributed by atoms with Crippen LogP contribution in [0, 0.1) is 5.92 Å². The molecule has 0 saturated carbocycles. The summed E-state index contributed by atoms with van der Waals surface area (Å²) in [7, 11) is 0. The number of H-pyrrole nitrogens is 1. The van der Waals surface area contributed by atoms with E-state index in [1.165, 1.54) is 11.3 Å². The van der Waals surface area contributed by atoms with Gasteiger partial charge in [0.1, 0.15) is 0 Å². The molecule has 0 radical (unpaired) electrons. The molecule has 2 aliphatic rings. The minimum Gasteiger partial charge on any atom is -0.360 e. The zero-order valence-corrected chi connectivity index (χ0v) is 20.6. The number of carbonyl (C=O) groups is 2. The van der Waals surface area contributed by atoms with Crippen molar-refractivity contribution < 1.29 is 18.4 Å². The minimum absolute atomic E-state index is 0.241. The summed E-state index contributed by atoms with van der Waals surface area (Å²) in [6, 6.07) is 9.39. The predicted octanol–water partition coefficient (Wildman–Crippen LogP) is 3.81. The highest BCUT2D eigenvalue weighted by Gasteiger charge is 2.36. The van der Waals surface area contributed by atoms with Gasteiger partial charge in [0.2, 0.25) is 5.95 Å². The molecular formula is C26H24F2N6O2S. The van der Waals surface area contributed by atoms with E-state index < -0.39 is 18.2 Å². The number of benzene rings is 1. The fraction of sp³-hybridized carbons (Fsp3) is 0.308. The summed E-state index contributed by atoms with van der Waals surface area (Å²) < 4.78 is 25.8. The average molecular weight is 523 g/mol. The topological polar surface area (TPSA) is 103 Å². The molecule has 2 amide bonds. The third-order valence-electron chi connectivity index (χ3n) is 6.94. The lowest BCUT2D eigenvalue weighted by Gasteiger charge is -2.32. The van der Waals surface area contributed by atoms with Crippen LogP contribution in [0.2, 0.25) is 0 Å². The van der Waals surface area contributed by atoms with Crippen molar-refractivity contribution >= 4 is 61.4 Å². The lowest BCUT2D eigenvalue weighted by molar-refractivity contribution is -0.122. The van der Waals surface area contributed by atoms with Crippen LogP contribution < -0.4 is 15.5 Å². The van der Waals surface area contributed by atoms with Crippen LogP contribution in [0.3, 0.4) is 0 Å². The average Bonchev–Trinajstić information content (AvgIpc) is 3.58. The van der Waals surface area contributed by atoms with Crippen molar-refractivity contribution in [1.82, 2.24) is 25.6 Å². The Labute approximate surface area is 214 Å². The Balaban J connectivity index is 1.39. The molecule has 5 heterocycles. The summed E-state index contributed by atoms with van der Waals surface area (Å²) in [5.41, 5.74) is 3.22. The number of para-hydroxylation sites is 1. The van der Waals surface area contributed by atoms with E-state index in [9.17, 15) is 18.4 Å². The third kappa shape index (κ3) is 4.38. The molecule has 3 aromatic heterocycles. The third-order valence-corrected chi connectivity index (χ3v) is 7.89. The van der Waals surface area contributed by atoms with Crippen molar-refractivity contribution in [1.29, 1.82) is 0 Å². The van der Waals surface area contributed by atoms with E-state index in [2.05, 4.69) is 20.5 Å². The molecule has 0 spiro atoms. The molecular weight excluding hydrogens is 498 g/mol. The highest BCUT2D eigenvalue weighted by Crippen LogP contribution is 2.38. The van der Waals surface area contributed by atoms with Crippen LogP contribution in [-0.4, -0.2) is 59.4 Å². The summed E-state index contributed by atoms with van der Waals surface area (Å²) in [5.74, 6) is -0.147. The number of thiophene rings is 1. The maximum absolute atomic E-state index is 13.2. The van der Waals surface area contributed by atoms with Gasteiger partial charge in [-0.2, -0.15) is 0 Å². The molecule has 1 aromatic carbocycles. The first-order valence-corrected chi connectivity index (χ1v) is 13.0. The number of nitrogens with one attached hydrogen (secondary N) is 3. The van der Waals surface area contributed by atoms with Gasteiger partial charge in [0.15, 0.2) is 0 Å². The number of piperidine rings is 1. The maximum Gasteiger partial charge on any atom is 0.261 e. The first-order chi connectivity index (χ1) is 18.0. The minimum atomic E-state index is -2.36. The van der Waals surface area contributed by atoms with E-state index in [0.29, 0.717) is 59.2 Å². The van der Waals surface area contributed by atoms with Crippen LogP contribution in [-0.2, 0) is 9.59 Å². The molecule has 1 saturated heterocycles. The molecule has 4 aromatic rings. The van der Waals surface area contributed by atoms with Gasteiger partial charge in [-0.25, -0.2) is 18.7 Å². The van der Waals surface area contributed by atoms with E-state index in [4.69, 9.17) is 9.97 Å². The number of aromatic nitrogens is 3. The molecule has 6 rings (SSSR count). The number of halogens is 2. The van der Waals surface area contributed by atoms with Crippen LogP contribution in [0.1, 0.15) is 24.1 Å². The van der Waals surface area contributed by atoms with Gasteiger partial charge in [-0.1, -0.05) is 18.2 Å². The van der Waals surface area contributed by atoms with Crippen molar-refractivity contribution in [2.45, 2.75) is 19.3 Å². The molecule has 2 aliphatic heterocycles. The number of alkyl halides is 2. The Morgan fingerprint density at radius 2 is 1.86 bits per heavy atom. The van der Waals surface area contributed by atoms with Crippen LogP contribution in [0.25, 0.3) is 32.3 Å². The van der Waals surface area contributed by atoms with Gasteiger partial charge in [0.05, 0.1) is 39.1 Å². The molecule has 1 fully saturated rings. The quantitative estimate of drug-likeness (QED) is 0.319. The first-order valence-electron chi connectivity index (χ1n) is 12.2. The van der Waals surface area contributed by atoms with Crippen molar-refractivity contribution in [3.05, 3.63) is 53.2 Å². The standard InChI is InChI=1S/C26H24F2N6O2S/c27-19(28)13-29-11-14-5-8-34(9-6-14)26-31-17-4-2-1-3-15(17)22(32-26)21-20(24(35)33-25(21)36)16-12-30-18-7-10-37-23(16)18/h1-4,7,10,12,14,19,29-30H,5-6,8-9,11,13H2,(H,33,35,36). The van der Waals surface area contributed by atoms with Crippen molar-refractivity contribution in [2.75, 3.05) is 31.1 Å². The number of hydrogen-bond acceptors (Lipinski definition) is 7. The summed E-state index contributed by atoms with van der Waals surface area (Å²) >= 11 is 1.50.